The second-order valence-corrected chi connectivity index (χ2v) is 13.6. The molecule has 1 N–H and O–H groups in total. The Hall–Kier alpha value is -1.76. The van der Waals surface area contributed by atoms with E-state index >= 15 is 0 Å². The summed E-state index contributed by atoms with van der Waals surface area (Å²) >= 11 is 0. The molecule has 0 bridgehead atoms. The van der Waals surface area contributed by atoms with Crippen molar-refractivity contribution in [1.29, 1.82) is 0 Å². The first kappa shape index (κ1) is 47.2. The van der Waals surface area contributed by atoms with Gasteiger partial charge in [0.05, 0.1) is 33.0 Å². The number of rotatable bonds is 36. The second-order valence-electron chi connectivity index (χ2n) is 12.2. The molecule has 0 aromatic rings. The number of amides is 1. The van der Waals surface area contributed by atoms with Crippen LogP contribution >= 0.6 is 7.82 Å². The van der Waals surface area contributed by atoms with Gasteiger partial charge in [-0.2, -0.15) is 0 Å². The van der Waals surface area contributed by atoms with E-state index in [-0.39, 0.29) is 39.2 Å². The first-order valence-corrected chi connectivity index (χ1v) is 20.1. The third kappa shape index (κ3) is 34.5. The fraction of sp³-hybridized carbons (Fsp3) is 0.914. The van der Waals surface area contributed by atoms with Gasteiger partial charge in [0, 0.05) is 26.5 Å². The molecule has 1 amide bonds. The number of methoxy groups -OCH3 is 1. The molecule has 0 aliphatic heterocycles. The van der Waals surface area contributed by atoms with E-state index < -0.39 is 45.2 Å². The van der Waals surface area contributed by atoms with Gasteiger partial charge in [0.1, 0.15) is 13.2 Å². The quantitative estimate of drug-likeness (QED) is 0.0300. The smallest absolute Gasteiger partial charge is 0.407 e. The number of hydrogen-bond donors (Lipinski definition) is 1. The fourth-order valence-electron chi connectivity index (χ4n) is 4.79. The number of carbonyl (C=O) groups excluding carboxylic acids is 3. The number of phosphoric ester groups is 1. The maximum atomic E-state index is 12.5. The van der Waals surface area contributed by atoms with Crippen LogP contribution in [0, 0.1) is 0 Å². The summed E-state index contributed by atoms with van der Waals surface area (Å²) in [6, 6.07) is 0. The Labute approximate surface area is 295 Å². The number of phosphoric acid groups is 1. The van der Waals surface area contributed by atoms with E-state index in [0.717, 1.165) is 38.5 Å². The van der Waals surface area contributed by atoms with Gasteiger partial charge in [-0.1, -0.05) is 117 Å². The number of ether oxygens (including phenoxy) is 5. The van der Waals surface area contributed by atoms with Crippen molar-refractivity contribution in [2.45, 2.75) is 148 Å². The van der Waals surface area contributed by atoms with Crippen LogP contribution in [0.2, 0.25) is 0 Å². The zero-order valence-electron chi connectivity index (χ0n) is 30.7. The lowest BCUT2D eigenvalue weighted by Gasteiger charge is -2.25. The summed E-state index contributed by atoms with van der Waals surface area (Å²) < 4.78 is 47.7. The Bertz CT molecular complexity index is 847. The van der Waals surface area contributed by atoms with Crippen molar-refractivity contribution in [3.05, 3.63) is 0 Å². The molecule has 0 saturated heterocycles. The number of nitrogens with one attached hydrogen (secondary N) is 1. The second kappa shape index (κ2) is 34.7. The summed E-state index contributed by atoms with van der Waals surface area (Å²) in [5.74, 6) is -0.955. The summed E-state index contributed by atoms with van der Waals surface area (Å²) in [5, 5.41) is 2.35. The minimum atomic E-state index is -4.82. The minimum Gasteiger partial charge on any atom is -0.756 e. The maximum Gasteiger partial charge on any atom is 0.407 e. The molecule has 14 heteroatoms. The summed E-state index contributed by atoms with van der Waals surface area (Å²) in [6.07, 6.45) is 18.5. The highest BCUT2D eigenvalue weighted by atomic mass is 31.2. The van der Waals surface area contributed by atoms with E-state index in [9.17, 15) is 23.8 Å². The maximum absolute atomic E-state index is 12.5. The SMILES string of the molecule is CCCCCCCCCCCC(=O)OC[C@H](COP(=O)([O-])OCCNC(=O)OCCOCCOC)OC(=O)CCCCCCCCCCC. The van der Waals surface area contributed by atoms with Gasteiger partial charge in [0.15, 0.2) is 6.10 Å². The van der Waals surface area contributed by atoms with Crippen molar-refractivity contribution in [2.75, 3.05) is 59.9 Å². The first-order chi connectivity index (χ1) is 23.7. The highest BCUT2D eigenvalue weighted by Gasteiger charge is 2.21. The molecule has 0 rings (SSSR count). The van der Waals surface area contributed by atoms with Gasteiger partial charge in [-0.05, 0) is 12.8 Å². The summed E-state index contributed by atoms with van der Waals surface area (Å²) in [5.41, 5.74) is 0. The molecule has 49 heavy (non-hydrogen) atoms. The Balaban J connectivity index is 4.56. The van der Waals surface area contributed by atoms with Crippen LogP contribution in [0.5, 0.6) is 0 Å². The Kier molecular flexibility index (Phi) is 33.4. The van der Waals surface area contributed by atoms with Crippen molar-refractivity contribution in [3.63, 3.8) is 0 Å². The molecule has 0 fully saturated rings. The van der Waals surface area contributed by atoms with Crippen LogP contribution in [-0.4, -0.2) is 84.0 Å². The summed E-state index contributed by atoms with van der Waals surface area (Å²) in [4.78, 5) is 48.9. The van der Waals surface area contributed by atoms with Gasteiger partial charge < -0.3 is 42.9 Å². The lowest BCUT2D eigenvalue weighted by atomic mass is 10.1. The Morgan fingerprint density at radius 2 is 1.12 bits per heavy atom. The lowest BCUT2D eigenvalue weighted by Crippen LogP contribution is -2.31. The molecule has 0 aromatic carbocycles. The Morgan fingerprint density at radius 3 is 1.67 bits per heavy atom. The molecule has 0 heterocycles. The lowest BCUT2D eigenvalue weighted by molar-refractivity contribution is -0.228. The van der Waals surface area contributed by atoms with Crippen molar-refractivity contribution >= 4 is 25.9 Å². The van der Waals surface area contributed by atoms with Crippen molar-refractivity contribution in [3.8, 4) is 0 Å². The van der Waals surface area contributed by atoms with Crippen LogP contribution in [0.1, 0.15) is 142 Å². The van der Waals surface area contributed by atoms with Gasteiger partial charge in [-0.15, -0.1) is 0 Å². The monoisotopic (exact) mass is 724 g/mol. The zero-order valence-corrected chi connectivity index (χ0v) is 31.6. The molecule has 0 aliphatic rings. The van der Waals surface area contributed by atoms with Crippen LogP contribution in [0.3, 0.4) is 0 Å². The van der Waals surface area contributed by atoms with Crippen molar-refractivity contribution < 1.29 is 56.6 Å². The highest BCUT2D eigenvalue weighted by molar-refractivity contribution is 7.45. The van der Waals surface area contributed by atoms with E-state index in [0.29, 0.717) is 26.1 Å². The van der Waals surface area contributed by atoms with Gasteiger partial charge >= 0.3 is 18.0 Å². The van der Waals surface area contributed by atoms with E-state index in [4.69, 9.17) is 32.7 Å². The van der Waals surface area contributed by atoms with E-state index in [1.165, 1.54) is 64.2 Å². The largest absolute Gasteiger partial charge is 0.756 e. The number of carbonyl (C=O) groups is 3. The number of hydrogen-bond acceptors (Lipinski definition) is 12. The number of esters is 2. The van der Waals surface area contributed by atoms with Crippen LogP contribution in [-0.2, 0) is 46.9 Å². The molecule has 13 nitrogen and oxygen atoms in total. The van der Waals surface area contributed by atoms with Gasteiger partial charge in [-0.25, -0.2) is 4.79 Å². The van der Waals surface area contributed by atoms with Gasteiger partial charge in [0.25, 0.3) is 7.82 Å². The van der Waals surface area contributed by atoms with Gasteiger partial charge in [0.2, 0.25) is 0 Å². The third-order valence-electron chi connectivity index (χ3n) is 7.63. The molecule has 0 spiro atoms. The van der Waals surface area contributed by atoms with Crippen LogP contribution < -0.4 is 10.2 Å². The van der Waals surface area contributed by atoms with E-state index in [2.05, 4.69) is 19.2 Å². The highest BCUT2D eigenvalue weighted by Crippen LogP contribution is 2.38. The molecular formula is C35H67NO12P-. The van der Waals surface area contributed by atoms with Crippen LogP contribution in [0.15, 0.2) is 0 Å². The normalized spacial score (nSPS) is 13.1. The predicted octanol–water partition coefficient (Wildman–Crippen LogP) is 7.17. The van der Waals surface area contributed by atoms with Gasteiger partial charge in [-0.3, -0.25) is 14.2 Å². The topological polar surface area (TPSA) is 168 Å². The predicted molar refractivity (Wildman–Crippen MR) is 186 cm³/mol. The summed E-state index contributed by atoms with van der Waals surface area (Å²) in [6.45, 7) is 3.92. The molecule has 1 unspecified atom stereocenters. The van der Waals surface area contributed by atoms with E-state index in [1.54, 1.807) is 7.11 Å². The average molecular weight is 725 g/mol. The fourth-order valence-corrected chi connectivity index (χ4v) is 5.53. The minimum absolute atomic E-state index is 0.0164. The molecule has 0 radical (unpaired) electrons. The molecule has 290 valence electrons. The molecular weight excluding hydrogens is 657 g/mol. The number of alkyl carbamates (subject to hydrolysis) is 1. The number of unbranched alkanes of at least 4 members (excludes halogenated alkanes) is 16. The van der Waals surface area contributed by atoms with Crippen LogP contribution in [0.4, 0.5) is 4.79 Å². The average Bonchev–Trinajstić information content (AvgIpc) is 3.08. The zero-order chi connectivity index (χ0) is 36.3. The molecule has 2 atom stereocenters. The van der Waals surface area contributed by atoms with Crippen molar-refractivity contribution in [1.82, 2.24) is 5.32 Å². The first-order valence-electron chi connectivity index (χ1n) is 18.7. The third-order valence-corrected chi connectivity index (χ3v) is 8.59. The Morgan fingerprint density at radius 1 is 0.612 bits per heavy atom. The molecule has 0 aliphatic carbocycles. The molecule has 0 aromatic heterocycles. The van der Waals surface area contributed by atoms with E-state index in [1.807, 2.05) is 0 Å². The standard InChI is InChI=1S/C35H68NO12P/c1-4-6-8-10-12-14-16-18-20-22-33(37)45-30-32(48-34(38)23-21-19-17-15-13-11-9-7-5-2)31-47-49(40,41)46-25-24-36-35(39)44-29-28-43-27-26-42-3/h32H,4-31H2,1-3H3,(H,36,39)(H,40,41)/p-1/t32-/m1/s1. The molecule has 0 saturated carbocycles. The van der Waals surface area contributed by atoms with Crippen LogP contribution in [0.25, 0.3) is 0 Å². The summed E-state index contributed by atoms with van der Waals surface area (Å²) in [7, 11) is -3.28. The van der Waals surface area contributed by atoms with Crippen molar-refractivity contribution in [2.24, 2.45) is 0 Å².